The molecule has 0 aliphatic heterocycles. The van der Waals surface area contributed by atoms with E-state index in [9.17, 15) is 9.59 Å². The summed E-state index contributed by atoms with van der Waals surface area (Å²) in [6.07, 6.45) is 0. The van der Waals surface area contributed by atoms with Crippen molar-refractivity contribution < 1.29 is 19.4 Å². The van der Waals surface area contributed by atoms with Crippen molar-refractivity contribution in [3.63, 3.8) is 0 Å². The lowest BCUT2D eigenvalue weighted by molar-refractivity contribution is 0.0696. The topological polar surface area (TPSA) is 66.8 Å². The van der Waals surface area contributed by atoms with Gasteiger partial charge in [-0.3, -0.25) is 4.79 Å². The number of carbonyl (C=O) groups is 2. The number of anilines is 1. The first kappa shape index (κ1) is 14.1. The highest BCUT2D eigenvalue weighted by Gasteiger charge is 2.19. The molecule has 2 rings (SSSR count). The second-order valence-electron chi connectivity index (χ2n) is 4.03. The Labute approximate surface area is 120 Å². The highest BCUT2D eigenvalue weighted by Crippen LogP contribution is 2.27. The predicted octanol–water partition coefficient (Wildman–Crippen LogP) is 2.73. The average molecular weight is 291 g/mol. The summed E-state index contributed by atoms with van der Waals surface area (Å²) < 4.78 is 5.13. The minimum absolute atomic E-state index is 0.184. The molecule has 0 spiro atoms. The van der Waals surface area contributed by atoms with Gasteiger partial charge >= 0.3 is 5.97 Å². The third kappa shape index (κ3) is 2.65. The van der Waals surface area contributed by atoms with Crippen molar-refractivity contribution in [3.05, 3.63) is 46.2 Å². The van der Waals surface area contributed by atoms with Gasteiger partial charge in [0.2, 0.25) is 0 Å². The van der Waals surface area contributed by atoms with E-state index >= 15 is 0 Å². The van der Waals surface area contributed by atoms with Gasteiger partial charge in [-0.1, -0.05) is 0 Å². The molecule has 1 amide bonds. The van der Waals surface area contributed by atoms with E-state index in [1.54, 1.807) is 30.6 Å². The van der Waals surface area contributed by atoms with Gasteiger partial charge < -0.3 is 14.7 Å². The van der Waals surface area contributed by atoms with Gasteiger partial charge in [0.15, 0.2) is 0 Å². The van der Waals surface area contributed by atoms with Gasteiger partial charge in [-0.25, -0.2) is 4.79 Å². The molecule has 0 unspecified atom stereocenters. The predicted molar refractivity (Wildman–Crippen MR) is 77.0 cm³/mol. The standard InChI is InChI=1S/C14H13NO4S/c1-15(10-5-3-9(4-6-10)14(17)18)13(16)12-11(19-2)7-8-20-12/h3-8H,1-2H3,(H,17,18). The molecular weight excluding hydrogens is 278 g/mol. The molecule has 1 aromatic carbocycles. The Kier molecular flexibility index (Phi) is 4.05. The van der Waals surface area contributed by atoms with Gasteiger partial charge in [-0.15, -0.1) is 11.3 Å². The van der Waals surface area contributed by atoms with Gasteiger partial charge in [0.05, 0.1) is 12.7 Å². The van der Waals surface area contributed by atoms with Crippen LogP contribution in [0.4, 0.5) is 5.69 Å². The van der Waals surface area contributed by atoms with Crippen molar-refractivity contribution in [2.45, 2.75) is 0 Å². The third-order valence-electron chi connectivity index (χ3n) is 2.85. The van der Waals surface area contributed by atoms with E-state index in [4.69, 9.17) is 9.84 Å². The van der Waals surface area contributed by atoms with E-state index in [-0.39, 0.29) is 11.5 Å². The van der Waals surface area contributed by atoms with Gasteiger partial charge in [0.1, 0.15) is 10.6 Å². The second-order valence-corrected chi connectivity index (χ2v) is 4.95. The van der Waals surface area contributed by atoms with E-state index in [1.807, 2.05) is 0 Å². The van der Waals surface area contributed by atoms with Crippen LogP contribution in [0, 0.1) is 0 Å². The zero-order chi connectivity index (χ0) is 14.7. The van der Waals surface area contributed by atoms with Crippen molar-refractivity contribution in [2.75, 3.05) is 19.1 Å². The first-order chi connectivity index (χ1) is 9.54. The summed E-state index contributed by atoms with van der Waals surface area (Å²) >= 11 is 1.30. The Morgan fingerprint density at radius 2 is 1.85 bits per heavy atom. The van der Waals surface area contributed by atoms with Crippen LogP contribution >= 0.6 is 11.3 Å². The number of benzene rings is 1. The van der Waals surface area contributed by atoms with Crippen molar-refractivity contribution in [2.24, 2.45) is 0 Å². The number of rotatable bonds is 4. The summed E-state index contributed by atoms with van der Waals surface area (Å²) in [5, 5.41) is 10.6. The lowest BCUT2D eigenvalue weighted by Gasteiger charge is -2.17. The zero-order valence-corrected chi connectivity index (χ0v) is 11.8. The molecule has 2 aromatic rings. The number of thiophene rings is 1. The number of nitrogens with zero attached hydrogens (tertiary/aromatic N) is 1. The van der Waals surface area contributed by atoms with Crippen molar-refractivity contribution >= 4 is 28.9 Å². The highest BCUT2D eigenvalue weighted by atomic mass is 32.1. The monoisotopic (exact) mass is 291 g/mol. The first-order valence-electron chi connectivity index (χ1n) is 5.77. The number of carboxylic acids is 1. The molecule has 0 fully saturated rings. The Morgan fingerprint density at radius 3 is 2.40 bits per heavy atom. The molecule has 1 N–H and O–H groups in total. The fraction of sp³-hybridized carbons (Fsp3) is 0.143. The summed E-state index contributed by atoms with van der Waals surface area (Å²) in [6, 6.07) is 7.86. The number of aromatic carboxylic acids is 1. The Balaban J connectivity index is 2.24. The minimum atomic E-state index is -0.995. The van der Waals surface area contributed by atoms with E-state index in [2.05, 4.69) is 0 Å². The van der Waals surface area contributed by atoms with Gasteiger partial charge in [0, 0.05) is 12.7 Å². The summed E-state index contributed by atoms with van der Waals surface area (Å²) in [6.45, 7) is 0. The van der Waals surface area contributed by atoms with Crippen molar-refractivity contribution in [1.29, 1.82) is 0 Å². The maximum atomic E-state index is 12.3. The quantitative estimate of drug-likeness (QED) is 0.940. The van der Waals surface area contributed by atoms with Crippen LogP contribution in [0.1, 0.15) is 20.0 Å². The van der Waals surface area contributed by atoms with Crippen LogP contribution in [0.25, 0.3) is 0 Å². The summed E-state index contributed by atoms with van der Waals surface area (Å²) in [5.74, 6) is -0.653. The maximum Gasteiger partial charge on any atom is 0.335 e. The molecule has 104 valence electrons. The molecule has 0 atom stereocenters. The molecule has 0 radical (unpaired) electrons. The van der Waals surface area contributed by atoms with Crippen LogP contribution in [0.2, 0.25) is 0 Å². The number of amides is 1. The van der Waals surface area contributed by atoms with Crippen LogP contribution in [0.3, 0.4) is 0 Å². The molecule has 5 nitrogen and oxygen atoms in total. The molecular formula is C14H13NO4S. The summed E-state index contributed by atoms with van der Waals surface area (Å²) in [5.41, 5.74) is 0.804. The second kappa shape index (κ2) is 5.75. The van der Waals surface area contributed by atoms with E-state index < -0.39 is 5.97 Å². The third-order valence-corrected chi connectivity index (χ3v) is 3.73. The summed E-state index contributed by atoms with van der Waals surface area (Å²) in [4.78, 5) is 25.1. The lowest BCUT2D eigenvalue weighted by atomic mass is 10.2. The van der Waals surface area contributed by atoms with Crippen LogP contribution in [0.15, 0.2) is 35.7 Å². The van der Waals surface area contributed by atoms with Crippen LogP contribution < -0.4 is 9.64 Å². The zero-order valence-electron chi connectivity index (χ0n) is 11.0. The van der Waals surface area contributed by atoms with E-state index in [0.717, 1.165) is 0 Å². The molecule has 0 aliphatic carbocycles. The molecule has 20 heavy (non-hydrogen) atoms. The fourth-order valence-corrected chi connectivity index (χ4v) is 2.54. The van der Waals surface area contributed by atoms with Gasteiger partial charge in [-0.05, 0) is 35.7 Å². The molecule has 1 aromatic heterocycles. The van der Waals surface area contributed by atoms with Crippen LogP contribution in [0.5, 0.6) is 5.75 Å². The Bertz CT molecular complexity index is 633. The van der Waals surface area contributed by atoms with Gasteiger partial charge in [-0.2, -0.15) is 0 Å². The SMILES string of the molecule is COc1ccsc1C(=O)N(C)c1ccc(C(=O)O)cc1. The average Bonchev–Trinajstić information content (AvgIpc) is 2.94. The number of carbonyl (C=O) groups excluding carboxylic acids is 1. The highest BCUT2D eigenvalue weighted by molar-refractivity contribution is 7.12. The first-order valence-corrected chi connectivity index (χ1v) is 6.65. The fourth-order valence-electron chi connectivity index (χ4n) is 1.71. The Hall–Kier alpha value is -2.34. The minimum Gasteiger partial charge on any atom is -0.495 e. The number of hydrogen-bond acceptors (Lipinski definition) is 4. The molecule has 0 aliphatic rings. The molecule has 0 saturated carbocycles. The smallest absolute Gasteiger partial charge is 0.335 e. The molecule has 1 heterocycles. The largest absolute Gasteiger partial charge is 0.495 e. The molecule has 0 bridgehead atoms. The Morgan fingerprint density at radius 1 is 1.20 bits per heavy atom. The molecule has 6 heteroatoms. The van der Waals surface area contributed by atoms with Gasteiger partial charge in [0.25, 0.3) is 5.91 Å². The number of methoxy groups -OCH3 is 1. The normalized spacial score (nSPS) is 10.1. The maximum absolute atomic E-state index is 12.3. The number of carboxylic acid groups (broad SMARTS) is 1. The van der Waals surface area contributed by atoms with E-state index in [1.165, 1.54) is 35.5 Å². The number of ether oxygens (including phenoxy) is 1. The number of hydrogen-bond donors (Lipinski definition) is 1. The molecule has 0 saturated heterocycles. The van der Waals surface area contributed by atoms with Crippen LogP contribution in [-0.2, 0) is 0 Å². The summed E-state index contributed by atoms with van der Waals surface area (Å²) in [7, 11) is 3.15. The van der Waals surface area contributed by atoms with Crippen LogP contribution in [-0.4, -0.2) is 31.1 Å². The lowest BCUT2D eigenvalue weighted by Crippen LogP contribution is -2.25. The van der Waals surface area contributed by atoms with Crippen molar-refractivity contribution in [3.8, 4) is 5.75 Å². The van der Waals surface area contributed by atoms with E-state index in [0.29, 0.717) is 16.3 Å². The van der Waals surface area contributed by atoms with Crippen molar-refractivity contribution in [1.82, 2.24) is 0 Å².